The van der Waals surface area contributed by atoms with Crippen molar-refractivity contribution in [2.45, 2.75) is 11.5 Å². The number of alkyl halides is 2. The fraction of sp³-hybridized carbons (Fsp3) is 0.143. The maximum atomic E-state index is 11.8. The predicted octanol–water partition coefficient (Wildman–Crippen LogP) is 4.10. The average molecular weight is 334 g/mol. The average Bonchev–Trinajstić information content (AvgIpc) is 1.98. The van der Waals surface area contributed by atoms with Crippen molar-refractivity contribution in [1.29, 1.82) is 0 Å². The third kappa shape index (κ3) is 3.11. The van der Waals surface area contributed by atoms with Gasteiger partial charge in [0.15, 0.2) is 0 Å². The van der Waals surface area contributed by atoms with Gasteiger partial charge in [0, 0.05) is 13.8 Å². The first kappa shape index (κ1) is 11.3. The molecule has 6 heteroatoms. The Labute approximate surface area is 96.1 Å². The standard InChI is InChI=1S/C7H4Br2F2OS/c8-4-1-3(12-7(10)11)2-5(9)6(4)13/h1-2,7,13H. The van der Waals surface area contributed by atoms with Crippen LogP contribution in [-0.4, -0.2) is 6.61 Å². The summed E-state index contributed by atoms with van der Waals surface area (Å²) in [6, 6.07) is 2.86. The molecule has 1 aromatic rings. The predicted molar refractivity (Wildman–Crippen MR) is 55.7 cm³/mol. The number of ether oxygens (including phenoxy) is 1. The number of thiol groups is 1. The Morgan fingerprint density at radius 3 is 2.08 bits per heavy atom. The Balaban J connectivity index is 2.99. The normalized spacial score (nSPS) is 10.6. The maximum absolute atomic E-state index is 11.8. The lowest BCUT2D eigenvalue weighted by atomic mass is 10.3. The summed E-state index contributed by atoms with van der Waals surface area (Å²) in [5, 5.41) is 0. The first-order valence-corrected chi connectivity index (χ1v) is 5.17. The SMILES string of the molecule is FC(F)Oc1cc(Br)c(S)c(Br)c1. The lowest BCUT2D eigenvalue weighted by Gasteiger charge is -2.07. The Kier molecular flexibility index (Phi) is 4.00. The Morgan fingerprint density at radius 2 is 1.69 bits per heavy atom. The molecule has 0 unspecified atom stereocenters. The highest BCUT2D eigenvalue weighted by Gasteiger charge is 2.08. The number of halogens is 4. The van der Waals surface area contributed by atoms with Crippen molar-refractivity contribution in [3.05, 3.63) is 21.1 Å². The van der Waals surface area contributed by atoms with E-state index >= 15 is 0 Å². The molecule has 13 heavy (non-hydrogen) atoms. The van der Waals surface area contributed by atoms with E-state index in [0.29, 0.717) is 13.8 Å². The van der Waals surface area contributed by atoms with Crippen molar-refractivity contribution < 1.29 is 13.5 Å². The van der Waals surface area contributed by atoms with Crippen LogP contribution in [0.5, 0.6) is 5.75 Å². The highest BCUT2D eigenvalue weighted by molar-refractivity contribution is 9.11. The molecule has 1 rings (SSSR count). The minimum atomic E-state index is -2.82. The lowest BCUT2D eigenvalue weighted by molar-refractivity contribution is -0.0499. The summed E-state index contributed by atoms with van der Waals surface area (Å²) < 4.78 is 29.0. The smallest absolute Gasteiger partial charge is 0.387 e. The van der Waals surface area contributed by atoms with Crippen LogP contribution in [0.1, 0.15) is 0 Å². The van der Waals surface area contributed by atoms with Crippen LogP contribution in [0.2, 0.25) is 0 Å². The first-order chi connectivity index (χ1) is 6.00. The zero-order valence-electron chi connectivity index (χ0n) is 6.10. The number of benzene rings is 1. The van der Waals surface area contributed by atoms with Gasteiger partial charge in [0.2, 0.25) is 0 Å². The summed E-state index contributed by atoms with van der Waals surface area (Å²) >= 11 is 10.4. The molecule has 0 spiro atoms. The largest absolute Gasteiger partial charge is 0.435 e. The highest BCUT2D eigenvalue weighted by Crippen LogP contribution is 2.33. The van der Waals surface area contributed by atoms with Crippen LogP contribution in [0.25, 0.3) is 0 Å². The van der Waals surface area contributed by atoms with E-state index in [4.69, 9.17) is 0 Å². The Morgan fingerprint density at radius 1 is 1.23 bits per heavy atom. The summed E-state index contributed by atoms with van der Waals surface area (Å²) in [5.41, 5.74) is 0. The molecule has 0 saturated carbocycles. The molecule has 0 aliphatic heterocycles. The van der Waals surface area contributed by atoms with E-state index in [1.807, 2.05) is 0 Å². The number of rotatable bonds is 2. The molecular weight excluding hydrogens is 330 g/mol. The topological polar surface area (TPSA) is 9.23 Å². The highest BCUT2D eigenvalue weighted by atomic mass is 79.9. The maximum Gasteiger partial charge on any atom is 0.387 e. The Hall–Kier alpha value is 0.190. The summed E-state index contributed by atoms with van der Waals surface area (Å²) in [5.74, 6) is 0.0894. The quantitative estimate of drug-likeness (QED) is 0.802. The van der Waals surface area contributed by atoms with Gasteiger partial charge in [0.1, 0.15) is 5.75 Å². The van der Waals surface area contributed by atoms with Crippen LogP contribution in [0.4, 0.5) is 8.78 Å². The van der Waals surface area contributed by atoms with Gasteiger partial charge in [-0.05, 0) is 44.0 Å². The molecule has 0 saturated heterocycles. The van der Waals surface area contributed by atoms with Crippen molar-refractivity contribution in [1.82, 2.24) is 0 Å². The fourth-order valence-corrected chi connectivity index (χ4v) is 1.99. The van der Waals surface area contributed by atoms with Gasteiger partial charge in [-0.25, -0.2) is 0 Å². The van der Waals surface area contributed by atoms with Crippen LogP contribution in [0, 0.1) is 0 Å². The molecule has 0 heterocycles. The van der Waals surface area contributed by atoms with E-state index in [9.17, 15) is 8.78 Å². The first-order valence-electron chi connectivity index (χ1n) is 3.13. The summed E-state index contributed by atoms with van der Waals surface area (Å²) in [7, 11) is 0. The molecule has 0 aliphatic carbocycles. The third-order valence-electron chi connectivity index (χ3n) is 1.22. The van der Waals surface area contributed by atoms with Gasteiger partial charge < -0.3 is 4.74 Å². The second-order valence-corrected chi connectivity index (χ2v) is 4.27. The minimum Gasteiger partial charge on any atom is -0.435 e. The van der Waals surface area contributed by atoms with E-state index in [0.717, 1.165) is 0 Å². The van der Waals surface area contributed by atoms with Crippen LogP contribution < -0.4 is 4.74 Å². The zero-order chi connectivity index (χ0) is 10.0. The monoisotopic (exact) mass is 332 g/mol. The van der Waals surface area contributed by atoms with Crippen LogP contribution in [0.3, 0.4) is 0 Å². The minimum absolute atomic E-state index is 0.0894. The summed E-state index contributed by atoms with van der Waals surface area (Å²) in [6.07, 6.45) is 0. The van der Waals surface area contributed by atoms with Gasteiger partial charge in [0.05, 0.1) is 0 Å². The van der Waals surface area contributed by atoms with E-state index in [2.05, 4.69) is 49.2 Å². The van der Waals surface area contributed by atoms with E-state index in [1.165, 1.54) is 12.1 Å². The fourth-order valence-electron chi connectivity index (χ4n) is 0.713. The molecule has 1 nitrogen and oxygen atoms in total. The van der Waals surface area contributed by atoms with Crippen LogP contribution >= 0.6 is 44.5 Å². The second-order valence-electron chi connectivity index (χ2n) is 2.11. The van der Waals surface area contributed by atoms with Gasteiger partial charge in [-0.15, -0.1) is 12.6 Å². The van der Waals surface area contributed by atoms with Crippen molar-refractivity contribution >= 4 is 44.5 Å². The molecule has 0 atom stereocenters. The molecule has 0 bridgehead atoms. The van der Waals surface area contributed by atoms with Crippen molar-refractivity contribution in [3.63, 3.8) is 0 Å². The van der Waals surface area contributed by atoms with Gasteiger partial charge in [0.25, 0.3) is 0 Å². The number of hydrogen-bond donors (Lipinski definition) is 1. The molecular formula is C7H4Br2F2OS. The summed E-state index contributed by atoms with van der Waals surface area (Å²) in [4.78, 5) is 0.640. The lowest BCUT2D eigenvalue weighted by Crippen LogP contribution is -2.01. The molecule has 0 amide bonds. The number of hydrogen-bond acceptors (Lipinski definition) is 2. The summed E-state index contributed by atoms with van der Waals surface area (Å²) in [6.45, 7) is -2.82. The van der Waals surface area contributed by atoms with Crippen LogP contribution in [-0.2, 0) is 0 Å². The van der Waals surface area contributed by atoms with Gasteiger partial charge in [-0.1, -0.05) is 0 Å². The van der Waals surface area contributed by atoms with Gasteiger partial charge in [-0.3, -0.25) is 0 Å². The molecule has 72 valence electrons. The molecule has 0 aliphatic rings. The van der Waals surface area contributed by atoms with Crippen LogP contribution in [0.15, 0.2) is 26.0 Å². The molecule has 0 aromatic heterocycles. The van der Waals surface area contributed by atoms with Crippen molar-refractivity contribution in [2.24, 2.45) is 0 Å². The van der Waals surface area contributed by atoms with E-state index < -0.39 is 6.61 Å². The Bertz CT molecular complexity index is 296. The zero-order valence-corrected chi connectivity index (χ0v) is 10.2. The van der Waals surface area contributed by atoms with Crippen molar-refractivity contribution in [3.8, 4) is 5.75 Å². The molecule has 0 radical (unpaired) electrons. The molecule has 0 N–H and O–H groups in total. The third-order valence-corrected chi connectivity index (χ3v) is 3.56. The van der Waals surface area contributed by atoms with E-state index in [1.54, 1.807) is 0 Å². The molecule has 0 fully saturated rings. The van der Waals surface area contributed by atoms with E-state index in [-0.39, 0.29) is 5.75 Å². The van der Waals surface area contributed by atoms with Gasteiger partial charge in [-0.2, -0.15) is 8.78 Å². The second kappa shape index (κ2) is 4.61. The van der Waals surface area contributed by atoms with Crippen molar-refractivity contribution in [2.75, 3.05) is 0 Å². The van der Waals surface area contributed by atoms with Gasteiger partial charge >= 0.3 is 6.61 Å². The molecule has 1 aromatic carbocycles.